The number of aryl methyl sites for hydroxylation is 3. The smallest absolute Gasteiger partial charge is 0.158 e. The summed E-state index contributed by atoms with van der Waals surface area (Å²) in [5.41, 5.74) is 4.25. The van der Waals surface area contributed by atoms with E-state index in [1.54, 1.807) is 29.0 Å². The summed E-state index contributed by atoms with van der Waals surface area (Å²) in [5.74, 6) is 0.765. The van der Waals surface area contributed by atoms with Gasteiger partial charge in [-0.2, -0.15) is 5.10 Å². The van der Waals surface area contributed by atoms with E-state index < -0.39 is 0 Å². The zero-order valence-corrected chi connectivity index (χ0v) is 13.1. The molecule has 102 valence electrons. The molecule has 3 heterocycles. The molecule has 3 aromatic rings. The number of hydrogen-bond donors (Lipinski definition) is 1. The van der Waals surface area contributed by atoms with E-state index in [1.165, 1.54) is 15.3 Å². The van der Waals surface area contributed by atoms with Crippen LogP contribution in [0.3, 0.4) is 0 Å². The van der Waals surface area contributed by atoms with Crippen molar-refractivity contribution in [3.05, 3.63) is 38.7 Å². The lowest BCUT2D eigenvalue weighted by Crippen LogP contribution is -1.94. The number of anilines is 1. The third-order valence-corrected chi connectivity index (χ3v) is 5.14. The fourth-order valence-electron chi connectivity index (χ4n) is 1.95. The van der Waals surface area contributed by atoms with Crippen LogP contribution in [0.5, 0.6) is 0 Å². The van der Waals surface area contributed by atoms with Crippen molar-refractivity contribution in [2.45, 2.75) is 20.8 Å². The average Bonchev–Trinajstić information content (AvgIpc) is 2.95. The summed E-state index contributed by atoms with van der Waals surface area (Å²) < 4.78 is 0. The van der Waals surface area contributed by atoms with Gasteiger partial charge in [0.2, 0.25) is 0 Å². The van der Waals surface area contributed by atoms with Gasteiger partial charge in [-0.05, 0) is 38.5 Å². The van der Waals surface area contributed by atoms with Gasteiger partial charge in [-0.3, -0.25) is 5.43 Å². The number of nitrogens with zero attached hydrogens (tertiary/aromatic N) is 3. The Balaban J connectivity index is 1.89. The Kier molecular flexibility index (Phi) is 3.50. The van der Waals surface area contributed by atoms with E-state index in [0.29, 0.717) is 0 Å². The second-order valence-corrected chi connectivity index (χ2v) is 7.03. The molecule has 0 aromatic carbocycles. The van der Waals surface area contributed by atoms with Gasteiger partial charge in [0.15, 0.2) is 5.82 Å². The van der Waals surface area contributed by atoms with Crippen molar-refractivity contribution in [2.75, 3.05) is 5.43 Å². The van der Waals surface area contributed by atoms with Crippen LogP contribution in [0.1, 0.15) is 20.2 Å². The van der Waals surface area contributed by atoms with Crippen molar-refractivity contribution >= 4 is 44.9 Å². The molecule has 0 radical (unpaired) electrons. The predicted molar refractivity (Wildman–Crippen MR) is 87.2 cm³/mol. The number of fused-ring (bicyclic) bond motifs is 1. The first kappa shape index (κ1) is 13.2. The van der Waals surface area contributed by atoms with Crippen molar-refractivity contribution in [1.29, 1.82) is 0 Å². The monoisotopic (exact) mass is 302 g/mol. The molecule has 0 saturated heterocycles. The number of thiophene rings is 2. The third kappa shape index (κ3) is 2.44. The van der Waals surface area contributed by atoms with Crippen molar-refractivity contribution in [3.8, 4) is 0 Å². The van der Waals surface area contributed by atoms with Crippen molar-refractivity contribution in [1.82, 2.24) is 9.97 Å². The highest BCUT2D eigenvalue weighted by Gasteiger charge is 2.11. The van der Waals surface area contributed by atoms with E-state index in [9.17, 15) is 0 Å². The third-order valence-electron chi connectivity index (χ3n) is 3.09. The van der Waals surface area contributed by atoms with Crippen LogP contribution in [0.15, 0.2) is 23.6 Å². The second-order valence-electron chi connectivity index (χ2n) is 4.50. The zero-order chi connectivity index (χ0) is 14.1. The zero-order valence-electron chi connectivity index (χ0n) is 11.5. The van der Waals surface area contributed by atoms with Crippen molar-refractivity contribution in [2.24, 2.45) is 5.10 Å². The van der Waals surface area contributed by atoms with Crippen LogP contribution in [0.4, 0.5) is 5.82 Å². The van der Waals surface area contributed by atoms with E-state index in [4.69, 9.17) is 0 Å². The Morgan fingerprint density at radius 3 is 2.75 bits per heavy atom. The van der Waals surface area contributed by atoms with Gasteiger partial charge in [0.1, 0.15) is 11.2 Å². The first-order valence-corrected chi connectivity index (χ1v) is 7.84. The maximum absolute atomic E-state index is 4.31. The summed E-state index contributed by atoms with van der Waals surface area (Å²) in [5, 5.41) is 5.34. The molecule has 0 bridgehead atoms. The molecule has 0 fully saturated rings. The number of rotatable bonds is 3. The predicted octanol–water partition coefficient (Wildman–Crippen LogP) is 4.12. The number of aromatic nitrogens is 2. The normalized spacial score (nSPS) is 11.6. The quantitative estimate of drug-likeness (QED) is 0.585. The summed E-state index contributed by atoms with van der Waals surface area (Å²) in [6.07, 6.45) is 3.39. The van der Waals surface area contributed by atoms with Crippen LogP contribution in [-0.4, -0.2) is 16.2 Å². The van der Waals surface area contributed by atoms with Crippen LogP contribution in [-0.2, 0) is 0 Å². The fourth-order valence-corrected chi connectivity index (χ4v) is 3.69. The van der Waals surface area contributed by atoms with Crippen LogP contribution in [0.2, 0.25) is 0 Å². The van der Waals surface area contributed by atoms with E-state index in [0.717, 1.165) is 20.9 Å². The van der Waals surface area contributed by atoms with E-state index >= 15 is 0 Å². The molecule has 0 atom stereocenters. The van der Waals surface area contributed by atoms with E-state index in [-0.39, 0.29) is 0 Å². The molecule has 1 N–H and O–H groups in total. The molecule has 0 aliphatic rings. The van der Waals surface area contributed by atoms with E-state index in [1.807, 2.05) is 6.21 Å². The first-order chi connectivity index (χ1) is 9.65. The minimum atomic E-state index is 0.765. The van der Waals surface area contributed by atoms with Crippen LogP contribution < -0.4 is 5.43 Å². The molecule has 3 aromatic heterocycles. The first-order valence-electron chi connectivity index (χ1n) is 6.21. The lowest BCUT2D eigenvalue weighted by atomic mass is 10.2. The highest BCUT2D eigenvalue weighted by atomic mass is 32.1. The lowest BCUT2D eigenvalue weighted by Gasteiger charge is -2.01. The molecule has 4 nitrogen and oxygen atoms in total. The number of hydrazone groups is 1. The van der Waals surface area contributed by atoms with Crippen LogP contribution in [0.25, 0.3) is 10.2 Å². The topological polar surface area (TPSA) is 50.2 Å². The summed E-state index contributed by atoms with van der Waals surface area (Å²) in [6.45, 7) is 6.28. The molecule has 0 spiro atoms. The van der Waals surface area contributed by atoms with Gasteiger partial charge in [0, 0.05) is 14.6 Å². The molecule has 0 unspecified atom stereocenters. The van der Waals surface area contributed by atoms with Gasteiger partial charge in [0.25, 0.3) is 0 Å². The summed E-state index contributed by atoms with van der Waals surface area (Å²) >= 11 is 3.40. The molecule has 0 amide bonds. The number of hydrogen-bond acceptors (Lipinski definition) is 6. The molecule has 6 heteroatoms. The van der Waals surface area contributed by atoms with Gasteiger partial charge >= 0.3 is 0 Å². The Hall–Kier alpha value is -1.79. The Bertz CT molecular complexity index is 786. The molecule has 0 aliphatic carbocycles. The van der Waals surface area contributed by atoms with Gasteiger partial charge in [0.05, 0.1) is 11.6 Å². The Morgan fingerprint density at radius 1 is 1.15 bits per heavy atom. The number of nitrogens with one attached hydrogen (secondary N) is 1. The minimum absolute atomic E-state index is 0.765. The SMILES string of the molecule is Cc1ccc(/C=N\Nc2ncnc3sc(C)c(C)c23)s1. The van der Waals surface area contributed by atoms with Gasteiger partial charge in [-0.25, -0.2) is 9.97 Å². The van der Waals surface area contributed by atoms with E-state index in [2.05, 4.69) is 53.4 Å². The molecule has 0 saturated carbocycles. The maximum Gasteiger partial charge on any atom is 0.158 e. The summed E-state index contributed by atoms with van der Waals surface area (Å²) in [6, 6.07) is 4.14. The second kappa shape index (κ2) is 5.30. The fraction of sp³-hybridized carbons (Fsp3) is 0.214. The largest absolute Gasteiger partial charge is 0.261 e. The van der Waals surface area contributed by atoms with Gasteiger partial charge < -0.3 is 0 Å². The maximum atomic E-state index is 4.31. The summed E-state index contributed by atoms with van der Waals surface area (Å²) in [4.78, 5) is 13.3. The Morgan fingerprint density at radius 2 is 2.00 bits per heavy atom. The minimum Gasteiger partial charge on any atom is -0.261 e. The highest BCUT2D eigenvalue weighted by molar-refractivity contribution is 7.18. The van der Waals surface area contributed by atoms with Gasteiger partial charge in [-0.1, -0.05) is 0 Å². The molecular weight excluding hydrogens is 288 g/mol. The van der Waals surface area contributed by atoms with Crippen molar-refractivity contribution < 1.29 is 0 Å². The van der Waals surface area contributed by atoms with Crippen molar-refractivity contribution in [3.63, 3.8) is 0 Å². The van der Waals surface area contributed by atoms with Gasteiger partial charge in [-0.15, -0.1) is 22.7 Å². The molecule has 0 aliphatic heterocycles. The average molecular weight is 302 g/mol. The standard InChI is InChI=1S/C14H14N4S2/c1-8-4-5-11(19-8)6-17-18-13-12-9(2)10(3)20-14(12)16-7-15-13/h4-7H,1-3H3,(H,15,16,18)/b17-6-. The highest BCUT2D eigenvalue weighted by Crippen LogP contribution is 2.32. The Labute approximate surface area is 125 Å². The van der Waals surface area contributed by atoms with Crippen LogP contribution >= 0.6 is 22.7 Å². The molecule has 3 rings (SSSR count). The summed E-state index contributed by atoms with van der Waals surface area (Å²) in [7, 11) is 0. The molecule has 20 heavy (non-hydrogen) atoms. The molecular formula is C14H14N4S2. The van der Waals surface area contributed by atoms with Crippen LogP contribution in [0, 0.1) is 20.8 Å². The lowest BCUT2D eigenvalue weighted by molar-refractivity contribution is 1.19.